The number of hydrogen-bond donors (Lipinski definition) is 1. The highest BCUT2D eigenvalue weighted by Gasteiger charge is 2.15. The molecule has 0 radical (unpaired) electrons. The lowest BCUT2D eigenvalue weighted by atomic mass is 9.95. The van der Waals surface area contributed by atoms with Crippen LogP contribution in [-0.4, -0.2) is 16.5 Å². The van der Waals surface area contributed by atoms with Crippen molar-refractivity contribution in [3.63, 3.8) is 0 Å². The van der Waals surface area contributed by atoms with Crippen molar-refractivity contribution >= 4 is 10.8 Å². The predicted octanol–water partition coefficient (Wildman–Crippen LogP) is 3.33. The minimum atomic E-state index is 0.175. The normalized spacial score (nSPS) is 12.4. The Labute approximate surface area is 118 Å². The van der Waals surface area contributed by atoms with E-state index in [1.54, 1.807) is 0 Å². The van der Waals surface area contributed by atoms with Gasteiger partial charge >= 0.3 is 0 Å². The summed E-state index contributed by atoms with van der Waals surface area (Å²) in [5.74, 6) is 0. The van der Waals surface area contributed by atoms with E-state index in [9.17, 15) is 0 Å². The van der Waals surface area contributed by atoms with E-state index in [2.05, 4.69) is 58.6 Å². The van der Waals surface area contributed by atoms with Gasteiger partial charge in [0.25, 0.3) is 0 Å². The Balaban J connectivity index is 2.15. The third kappa shape index (κ3) is 2.40. The molecule has 0 aliphatic carbocycles. The molecule has 20 heavy (non-hydrogen) atoms. The second-order valence-electron chi connectivity index (χ2n) is 4.72. The third-order valence-corrected chi connectivity index (χ3v) is 3.47. The Morgan fingerprint density at radius 2 is 1.80 bits per heavy atom. The van der Waals surface area contributed by atoms with E-state index >= 15 is 0 Å². The first kappa shape index (κ1) is 12.8. The molecule has 0 aliphatic rings. The molecule has 1 atom stereocenters. The molecule has 3 aromatic rings. The van der Waals surface area contributed by atoms with E-state index < -0.39 is 0 Å². The minimum Gasteiger partial charge on any atom is -0.307 e. The molecule has 0 spiro atoms. The van der Waals surface area contributed by atoms with Gasteiger partial charge in [-0.1, -0.05) is 25.1 Å². The number of aromatic nitrogens is 2. The van der Waals surface area contributed by atoms with Crippen molar-refractivity contribution < 1.29 is 0 Å². The van der Waals surface area contributed by atoms with Crippen LogP contribution in [-0.2, 0) is 0 Å². The number of rotatable bonds is 4. The van der Waals surface area contributed by atoms with Crippen LogP contribution < -0.4 is 5.32 Å². The Morgan fingerprint density at radius 1 is 1.00 bits per heavy atom. The minimum absolute atomic E-state index is 0.175. The summed E-state index contributed by atoms with van der Waals surface area (Å²) < 4.78 is 0. The summed E-state index contributed by atoms with van der Waals surface area (Å²) in [5.41, 5.74) is 2.50. The van der Waals surface area contributed by atoms with Gasteiger partial charge in [0.1, 0.15) is 0 Å². The molecule has 100 valence electrons. The van der Waals surface area contributed by atoms with Gasteiger partial charge in [0, 0.05) is 30.2 Å². The molecule has 2 heterocycles. The second kappa shape index (κ2) is 5.80. The smallest absolute Gasteiger partial charge is 0.0583 e. The lowest BCUT2D eigenvalue weighted by molar-refractivity contribution is 0.634. The van der Waals surface area contributed by atoms with Crippen LogP contribution in [0.1, 0.15) is 24.1 Å². The summed E-state index contributed by atoms with van der Waals surface area (Å²) in [7, 11) is 0. The Hall–Kier alpha value is -2.26. The quantitative estimate of drug-likeness (QED) is 0.784. The monoisotopic (exact) mass is 263 g/mol. The fourth-order valence-corrected chi connectivity index (χ4v) is 2.57. The summed E-state index contributed by atoms with van der Waals surface area (Å²) in [6.45, 7) is 3.04. The first-order chi connectivity index (χ1) is 9.90. The maximum Gasteiger partial charge on any atom is 0.0583 e. The summed E-state index contributed by atoms with van der Waals surface area (Å²) in [6.07, 6.45) is 7.44. The molecule has 0 aliphatic heterocycles. The molecule has 3 heteroatoms. The molecule has 0 fully saturated rings. The van der Waals surface area contributed by atoms with Gasteiger partial charge in [-0.2, -0.15) is 0 Å². The van der Waals surface area contributed by atoms with Gasteiger partial charge in [-0.25, -0.2) is 0 Å². The van der Waals surface area contributed by atoms with Gasteiger partial charge in [-0.05, 0) is 41.3 Å². The highest BCUT2D eigenvalue weighted by atomic mass is 14.9. The van der Waals surface area contributed by atoms with Crippen LogP contribution in [0, 0.1) is 0 Å². The molecule has 1 unspecified atom stereocenters. The number of hydrogen-bond acceptors (Lipinski definition) is 3. The van der Waals surface area contributed by atoms with Crippen molar-refractivity contribution in [2.24, 2.45) is 0 Å². The molecule has 1 aromatic carbocycles. The van der Waals surface area contributed by atoms with Crippen molar-refractivity contribution in [3.8, 4) is 0 Å². The van der Waals surface area contributed by atoms with Gasteiger partial charge < -0.3 is 5.32 Å². The van der Waals surface area contributed by atoms with Gasteiger partial charge in [0.05, 0.1) is 6.04 Å². The number of pyridine rings is 2. The summed E-state index contributed by atoms with van der Waals surface area (Å²) in [5, 5.41) is 5.97. The van der Waals surface area contributed by atoms with Gasteiger partial charge in [0.2, 0.25) is 0 Å². The van der Waals surface area contributed by atoms with Gasteiger partial charge in [0.15, 0.2) is 0 Å². The van der Waals surface area contributed by atoms with Crippen LogP contribution in [0.25, 0.3) is 10.8 Å². The van der Waals surface area contributed by atoms with Crippen LogP contribution in [0.2, 0.25) is 0 Å². The molecular weight excluding hydrogens is 246 g/mol. The van der Waals surface area contributed by atoms with Crippen LogP contribution in [0.15, 0.2) is 61.2 Å². The average Bonchev–Trinajstić information content (AvgIpc) is 2.53. The number of nitrogens with zero attached hydrogens (tertiary/aromatic N) is 2. The lowest BCUT2D eigenvalue weighted by Gasteiger charge is -2.20. The highest BCUT2D eigenvalue weighted by Crippen LogP contribution is 2.28. The van der Waals surface area contributed by atoms with E-state index in [4.69, 9.17) is 0 Å². The van der Waals surface area contributed by atoms with Gasteiger partial charge in [-0.3, -0.25) is 9.97 Å². The molecule has 3 nitrogen and oxygen atoms in total. The largest absolute Gasteiger partial charge is 0.307 e. The number of nitrogens with one attached hydrogen (secondary N) is 1. The first-order valence-corrected chi connectivity index (χ1v) is 6.86. The molecule has 2 aromatic heterocycles. The Morgan fingerprint density at radius 3 is 2.60 bits per heavy atom. The standard InChI is InChI=1S/C17H17N3/c1-2-20-17(13-6-9-18-10-7-13)16-5-3-4-14-12-19-11-8-15(14)16/h3-12,17,20H,2H2,1H3. The van der Waals surface area contributed by atoms with E-state index in [0.29, 0.717) is 0 Å². The lowest BCUT2D eigenvalue weighted by Crippen LogP contribution is -2.22. The molecule has 0 bridgehead atoms. The van der Waals surface area contributed by atoms with E-state index in [-0.39, 0.29) is 6.04 Å². The molecule has 0 saturated heterocycles. The van der Waals surface area contributed by atoms with Crippen molar-refractivity contribution in [2.75, 3.05) is 6.54 Å². The first-order valence-electron chi connectivity index (χ1n) is 6.86. The molecule has 1 N–H and O–H groups in total. The van der Waals surface area contributed by atoms with E-state index in [1.165, 1.54) is 21.9 Å². The molecule has 0 amide bonds. The molecular formula is C17H17N3. The SMILES string of the molecule is CCNC(c1ccncc1)c1cccc2cnccc12. The fourth-order valence-electron chi connectivity index (χ4n) is 2.57. The topological polar surface area (TPSA) is 37.8 Å². The summed E-state index contributed by atoms with van der Waals surface area (Å²) >= 11 is 0. The average molecular weight is 263 g/mol. The predicted molar refractivity (Wildman–Crippen MR) is 81.5 cm³/mol. The molecule has 0 saturated carbocycles. The maximum atomic E-state index is 4.20. The van der Waals surface area contributed by atoms with Crippen LogP contribution >= 0.6 is 0 Å². The van der Waals surface area contributed by atoms with E-state index in [0.717, 1.165) is 6.54 Å². The highest BCUT2D eigenvalue weighted by molar-refractivity contribution is 5.85. The maximum absolute atomic E-state index is 4.20. The third-order valence-electron chi connectivity index (χ3n) is 3.47. The Bertz CT molecular complexity index is 689. The van der Waals surface area contributed by atoms with Crippen LogP contribution in [0.4, 0.5) is 0 Å². The van der Waals surface area contributed by atoms with E-state index in [1.807, 2.05) is 24.8 Å². The number of fused-ring (bicyclic) bond motifs is 1. The Kier molecular flexibility index (Phi) is 3.70. The van der Waals surface area contributed by atoms with Crippen molar-refractivity contribution in [3.05, 3.63) is 72.3 Å². The van der Waals surface area contributed by atoms with Crippen molar-refractivity contribution in [1.29, 1.82) is 0 Å². The zero-order valence-electron chi connectivity index (χ0n) is 11.5. The second-order valence-corrected chi connectivity index (χ2v) is 4.72. The fraction of sp³-hybridized carbons (Fsp3) is 0.176. The zero-order chi connectivity index (χ0) is 13.8. The summed E-state index contributed by atoms with van der Waals surface area (Å²) in [6, 6.07) is 12.7. The molecule has 3 rings (SSSR count). The van der Waals surface area contributed by atoms with Crippen molar-refractivity contribution in [2.45, 2.75) is 13.0 Å². The van der Waals surface area contributed by atoms with Crippen LogP contribution in [0.3, 0.4) is 0 Å². The van der Waals surface area contributed by atoms with Gasteiger partial charge in [-0.15, -0.1) is 0 Å². The number of benzene rings is 1. The van der Waals surface area contributed by atoms with Crippen LogP contribution in [0.5, 0.6) is 0 Å². The zero-order valence-corrected chi connectivity index (χ0v) is 11.5. The summed E-state index contributed by atoms with van der Waals surface area (Å²) in [4.78, 5) is 8.31. The van der Waals surface area contributed by atoms with Crippen molar-refractivity contribution in [1.82, 2.24) is 15.3 Å².